The first kappa shape index (κ1) is 60.8. The summed E-state index contributed by atoms with van der Waals surface area (Å²) in [5.74, 6) is 1.58. The predicted octanol–water partition coefficient (Wildman–Crippen LogP) is 23.5. The molecule has 7 aromatic carbocycles. The van der Waals surface area contributed by atoms with Gasteiger partial charge in [0.25, 0.3) is 0 Å². The highest BCUT2D eigenvalue weighted by Gasteiger charge is 2.19. The minimum atomic E-state index is 0.216. The van der Waals surface area contributed by atoms with E-state index in [2.05, 4.69) is 219 Å². The van der Waals surface area contributed by atoms with Crippen LogP contribution in [0.15, 0.2) is 206 Å². The van der Waals surface area contributed by atoms with Gasteiger partial charge in [0, 0.05) is 14.2 Å². The van der Waals surface area contributed by atoms with Crippen molar-refractivity contribution < 1.29 is 18.9 Å². The number of hydrogen-bond donors (Lipinski definition) is 0. The quantitative estimate of drug-likeness (QED) is 0.0955. The standard InChI is InChI=1S/C82H86O4/c1-83-61-85-73-50-45-63(46-51-73)75-54-49-72-55-65(75)35-27-21-15-9-7-8-14-20-26-32-42-77-76(72)43-34-44-78(77)82-60-70-38-30-24-18-12-5-6-13-19-25-31-39-71(82)59-81(70)67-41-33-40-66(56-67)80-58-68-36-28-22-16-10-3-4-11-17-23-29-37-69(80)57-79(68)64-47-52-74(53-48-64)86-62-84-2/h3-8,27-60H,9-26,61-62H2,1-2H3. The van der Waals surface area contributed by atoms with E-state index in [-0.39, 0.29) is 13.6 Å². The first-order valence-corrected chi connectivity index (χ1v) is 31.8. The largest absolute Gasteiger partial charge is 0.468 e. The molecule has 0 spiro atoms. The summed E-state index contributed by atoms with van der Waals surface area (Å²) in [5.41, 5.74) is 21.8. The van der Waals surface area contributed by atoms with E-state index in [1.807, 2.05) is 24.3 Å². The molecule has 438 valence electrons. The molecular formula is C82H86O4. The SMILES string of the molecule is COCOc1ccc(-c2ccc3cc2C=CCCCC=CCCCC=Cc2c-3cccc2-c2cc3c(-c4cccc(-c5cc6c(-c7ccc(OCOC)cc7)cc5C=CCCCC=CCCCC=C6)c4)cc2C=CCCCC=CCCCC=C3)cc1. The molecule has 0 aliphatic heterocycles. The monoisotopic (exact) mass is 1130 g/mol. The van der Waals surface area contributed by atoms with Crippen molar-refractivity contribution in [2.45, 2.75) is 116 Å². The van der Waals surface area contributed by atoms with E-state index in [9.17, 15) is 0 Å². The van der Waals surface area contributed by atoms with Gasteiger partial charge in [-0.25, -0.2) is 0 Å². The summed E-state index contributed by atoms with van der Waals surface area (Å²) in [6.07, 6.45) is 62.2. The minimum Gasteiger partial charge on any atom is -0.468 e. The molecular weight excluding hydrogens is 1050 g/mol. The second-order valence-corrected chi connectivity index (χ2v) is 22.8. The molecule has 0 aromatic heterocycles. The van der Waals surface area contributed by atoms with Gasteiger partial charge in [-0.05, 0) is 276 Å². The topological polar surface area (TPSA) is 36.9 Å². The fourth-order valence-corrected chi connectivity index (χ4v) is 11.8. The van der Waals surface area contributed by atoms with Gasteiger partial charge < -0.3 is 18.9 Å². The molecule has 0 fully saturated rings. The lowest BCUT2D eigenvalue weighted by molar-refractivity contribution is 0.0510. The number of rotatable bonds is 11. The maximum atomic E-state index is 5.83. The van der Waals surface area contributed by atoms with E-state index in [1.54, 1.807) is 14.2 Å². The van der Waals surface area contributed by atoms with E-state index in [0.29, 0.717) is 0 Å². The average Bonchev–Trinajstić information content (AvgIpc) is 1.32. The van der Waals surface area contributed by atoms with Crippen molar-refractivity contribution in [2.24, 2.45) is 0 Å². The molecule has 7 aromatic rings. The number of benzene rings is 7. The maximum absolute atomic E-state index is 5.83. The van der Waals surface area contributed by atoms with Crippen molar-refractivity contribution in [3.63, 3.8) is 0 Å². The molecule has 5 aliphatic carbocycles. The van der Waals surface area contributed by atoms with E-state index in [4.69, 9.17) is 18.9 Å². The number of hydrogen-bond acceptors (Lipinski definition) is 4. The Morgan fingerprint density at radius 2 is 0.581 bits per heavy atom. The van der Waals surface area contributed by atoms with E-state index < -0.39 is 0 Å². The molecule has 4 nitrogen and oxygen atoms in total. The second-order valence-electron chi connectivity index (χ2n) is 22.8. The van der Waals surface area contributed by atoms with Gasteiger partial charge in [-0.2, -0.15) is 0 Å². The van der Waals surface area contributed by atoms with Crippen LogP contribution in [0.4, 0.5) is 0 Å². The van der Waals surface area contributed by atoms with Crippen LogP contribution in [0.2, 0.25) is 0 Å². The van der Waals surface area contributed by atoms with Gasteiger partial charge in [-0.1, -0.05) is 182 Å². The van der Waals surface area contributed by atoms with Crippen LogP contribution in [0.5, 0.6) is 11.5 Å². The predicted molar refractivity (Wildman–Crippen MR) is 369 cm³/mol. The summed E-state index contributed by atoms with van der Waals surface area (Å²) in [7, 11) is 3.30. The Labute approximate surface area is 514 Å². The molecule has 4 heteroatoms. The Bertz CT molecular complexity index is 3610. The summed E-state index contributed by atoms with van der Waals surface area (Å²) in [5, 5.41) is 0. The third kappa shape index (κ3) is 17.0. The van der Waals surface area contributed by atoms with Crippen molar-refractivity contribution in [3.05, 3.63) is 240 Å². The van der Waals surface area contributed by atoms with Gasteiger partial charge in [0.05, 0.1) is 0 Å². The number of fused-ring (bicyclic) bond motifs is 24. The van der Waals surface area contributed by atoms with Gasteiger partial charge in [0.2, 0.25) is 0 Å². The van der Waals surface area contributed by atoms with E-state index >= 15 is 0 Å². The van der Waals surface area contributed by atoms with Crippen LogP contribution < -0.4 is 9.47 Å². The van der Waals surface area contributed by atoms with E-state index in [1.165, 1.54) is 89.0 Å². The molecule has 0 atom stereocenters. The maximum Gasteiger partial charge on any atom is 0.188 e. The van der Waals surface area contributed by atoms with Crippen molar-refractivity contribution in [3.8, 4) is 78.3 Å². The second kappa shape index (κ2) is 32.8. The Morgan fingerprint density at radius 1 is 0.256 bits per heavy atom. The van der Waals surface area contributed by atoms with Gasteiger partial charge in [-0.3, -0.25) is 0 Å². The first-order valence-electron chi connectivity index (χ1n) is 31.8. The van der Waals surface area contributed by atoms with Crippen LogP contribution >= 0.6 is 0 Å². The van der Waals surface area contributed by atoms with Crippen LogP contribution in [-0.4, -0.2) is 27.8 Å². The zero-order valence-corrected chi connectivity index (χ0v) is 50.9. The Balaban J connectivity index is 1.12. The Hall–Kier alpha value is -8.28. The van der Waals surface area contributed by atoms with Crippen molar-refractivity contribution in [1.29, 1.82) is 0 Å². The number of allylic oxidation sites excluding steroid dienone is 12. The highest BCUT2D eigenvalue weighted by Crippen LogP contribution is 2.43. The molecule has 0 unspecified atom stereocenters. The molecule has 0 N–H and O–H groups in total. The summed E-state index contributed by atoms with van der Waals surface area (Å²) >= 11 is 0. The van der Waals surface area contributed by atoms with Crippen molar-refractivity contribution >= 4 is 36.5 Å². The third-order valence-electron chi connectivity index (χ3n) is 16.4. The molecule has 0 amide bonds. The van der Waals surface area contributed by atoms with Crippen LogP contribution in [0.25, 0.3) is 103 Å². The van der Waals surface area contributed by atoms with Crippen molar-refractivity contribution in [2.75, 3.05) is 27.8 Å². The normalized spacial score (nSPS) is 15.4. The average molecular weight is 1140 g/mol. The number of methoxy groups -OCH3 is 2. The highest BCUT2D eigenvalue weighted by molar-refractivity contribution is 5.94. The molecule has 0 saturated carbocycles. The molecule has 0 heterocycles. The fourth-order valence-electron chi connectivity index (χ4n) is 11.8. The first-order chi connectivity index (χ1) is 42.6. The molecule has 12 rings (SSSR count). The van der Waals surface area contributed by atoms with E-state index in [0.717, 1.165) is 138 Å². The van der Waals surface area contributed by atoms with Gasteiger partial charge >= 0.3 is 0 Å². The lowest BCUT2D eigenvalue weighted by atomic mass is 9.84. The van der Waals surface area contributed by atoms with Crippen LogP contribution in [0.3, 0.4) is 0 Å². The minimum absolute atomic E-state index is 0.216. The van der Waals surface area contributed by atoms with Gasteiger partial charge in [0.15, 0.2) is 13.6 Å². The Kier molecular flexibility index (Phi) is 23.2. The van der Waals surface area contributed by atoms with Crippen LogP contribution in [0, 0.1) is 0 Å². The van der Waals surface area contributed by atoms with Gasteiger partial charge in [-0.15, -0.1) is 0 Å². The lowest BCUT2D eigenvalue weighted by Gasteiger charge is -2.19. The highest BCUT2D eigenvalue weighted by atomic mass is 16.7. The van der Waals surface area contributed by atoms with Gasteiger partial charge in [0.1, 0.15) is 11.5 Å². The Morgan fingerprint density at radius 3 is 1.02 bits per heavy atom. The molecule has 0 saturated heterocycles. The molecule has 86 heavy (non-hydrogen) atoms. The molecule has 5 aliphatic rings. The molecule has 0 radical (unpaired) electrons. The molecule has 6 bridgehead atoms. The number of ether oxygens (including phenoxy) is 4. The summed E-state index contributed by atoms with van der Waals surface area (Å²) in [6, 6.07) is 50.0. The third-order valence-corrected chi connectivity index (χ3v) is 16.4. The zero-order valence-electron chi connectivity index (χ0n) is 50.9. The van der Waals surface area contributed by atoms with Crippen molar-refractivity contribution in [1.82, 2.24) is 0 Å². The zero-order chi connectivity index (χ0) is 58.8. The summed E-state index contributed by atoms with van der Waals surface area (Å²) in [6.45, 7) is 0.435. The van der Waals surface area contributed by atoms with Crippen LogP contribution in [0.1, 0.15) is 149 Å². The lowest BCUT2D eigenvalue weighted by Crippen LogP contribution is -1.98. The summed E-state index contributed by atoms with van der Waals surface area (Å²) < 4.78 is 22.0. The smallest absolute Gasteiger partial charge is 0.188 e. The fraction of sp³-hybridized carbons (Fsp3) is 0.268. The van der Waals surface area contributed by atoms with Crippen LogP contribution in [-0.2, 0) is 9.47 Å². The summed E-state index contributed by atoms with van der Waals surface area (Å²) in [4.78, 5) is 0.